The lowest BCUT2D eigenvalue weighted by Gasteiger charge is -2.19. The molecule has 0 radical (unpaired) electrons. The number of hydrogen-bond donors (Lipinski definition) is 0. The number of benzene rings is 2. The first-order valence-corrected chi connectivity index (χ1v) is 9.47. The van der Waals surface area contributed by atoms with Crippen LogP contribution in [0.2, 0.25) is 0 Å². The molecule has 25 heavy (non-hydrogen) atoms. The van der Waals surface area contributed by atoms with Gasteiger partial charge in [-0.25, -0.2) is 0 Å². The predicted molar refractivity (Wildman–Crippen MR) is 110 cm³/mol. The fraction of sp³-hybridized carbons (Fsp3) is 0.238. The molecule has 0 heterocycles. The number of aryl methyl sites for hydroxylation is 2. The second kappa shape index (κ2) is 9.23. The highest BCUT2D eigenvalue weighted by Gasteiger charge is 2.11. The summed E-state index contributed by atoms with van der Waals surface area (Å²) >= 11 is 1.62. The van der Waals surface area contributed by atoms with Crippen LogP contribution < -0.4 is 4.90 Å². The van der Waals surface area contributed by atoms with Crippen molar-refractivity contribution in [2.24, 2.45) is 4.99 Å². The Hall–Kier alpha value is -2.33. The molecule has 1 amide bonds. The van der Waals surface area contributed by atoms with Gasteiger partial charge >= 0.3 is 0 Å². The van der Waals surface area contributed by atoms with Gasteiger partial charge in [-0.15, -0.1) is 11.8 Å². The van der Waals surface area contributed by atoms with Gasteiger partial charge in [-0.3, -0.25) is 9.79 Å². The van der Waals surface area contributed by atoms with Gasteiger partial charge in [0.15, 0.2) is 0 Å². The maximum Gasteiger partial charge on any atom is 0.214 e. The molecule has 0 saturated heterocycles. The lowest BCUT2D eigenvalue weighted by atomic mass is 10.1. The maximum atomic E-state index is 11.6. The third kappa shape index (κ3) is 5.07. The molecule has 2 rings (SSSR count). The molecule has 0 fully saturated rings. The van der Waals surface area contributed by atoms with Crippen molar-refractivity contribution in [3.63, 3.8) is 0 Å². The molecule has 0 aromatic heterocycles. The Balaban J connectivity index is 2.37. The van der Waals surface area contributed by atoms with Crippen molar-refractivity contribution in [3.05, 3.63) is 70.6 Å². The van der Waals surface area contributed by atoms with Crippen molar-refractivity contribution in [1.29, 1.82) is 0 Å². The SMILES string of the molecule is CS/C=C\CN(C=O)c1ccccc1C(C)=Nc1ccc(C)c(C)c1. The lowest BCUT2D eigenvalue weighted by molar-refractivity contribution is -0.107. The van der Waals surface area contributed by atoms with Crippen LogP contribution in [0, 0.1) is 13.8 Å². The molecule has 0 unspecified atom stereocenters. The Morgan fingerprint density at radius 2 is 1.92 bits per heavy atom. The predicted octanol–water partition coefficient (Wildman–Crippen LogP) is 5.28. The molecule has 0 aliphatic rings. The highest BCUT2D eigenvalue weighted by molar-refractivity contribution is 8.01. The molecule has 130 valence electrons. The summed E-state index contributed by atoms with van der Waals surface area (Å²) in [6.07, 6.45) is 4.84. The van der Waals surface area contributed by atoms with Crippen LogP contribution in [0.1, 0.15) is 23.6 Å². The van der Waals surface area contributed by atoms with E-state index in [0.29, 0.717) is 6.54 Å². The van der Waals surface area contributed by atoms with Crippen molar-refractivity contribution < 1.29 is 4.79 Å². The number of anilines is 1. The fourth-order valence-corrected chi connectivity index (χ4v) is 2.81. The second-order valence-corrected chi connectivity index (χ2v) is 6.59. The average Bonchev–Trinajstić information content (AvgIpc) is 2.62. The van der Waals surface area contributed by atoms with Gasteiger partial charge in [0.1, 0.15) is 0 Å². The van der Waals surface area contributed by atoms with E-state index in [-0.39, 0.29) is 0 Å². The molecule has 3 nitrogen and oxygen atoms in total. The Labute approximate surface area is 154 Å². The van der Waals surface area contributed by atoms with Gasteiger partial charge in [-0.2, -0.15) is 0 Å². The third-order valence-electron chi connectivity index (χ3n) is 4.05. The van der Waals surface area contributed by atoms with Crippen LogP contribution in [0.3, 0.4) is 0 Å². The van der Waals surface area contributed by atoms with Crippen molar-refractivity contribution in [2.45, 2.75) is 20.8 Å². The normalized spacial score (nSPS) is 11.8. The third-order valence-corrected chi connectivity index (χ3v) is 4.52. The number of aliphatic imine (C=N–C) groups is 1. The Morgan fingerprint density at radius 1 is 1.16 bits per heavy atom. The maximum absolute atomic E-state index is 11.6. The van der Waals surface area contributed by atoms with Crippen molar-refractivity contribution in [1.82, 2.24) is 0 Å². The van der Waals surface area contributed by atoms with Crippen LogP contribution in [0.4, 0.5) is 11.4 Å². The van der Waals surface area contributed by atoms with Crippen LogP contribution in [-0.4, -0.2) is 24.9 Å². The molecule has 2 aromatic carbocycles. The fourth-order valence-electron chi connectivity index (χ4n) is 2.53. The van der Waals surface area contributed by atoms with Gasteiger partial charge in [-0.05, 0) is 61.8 Å². The first-order valence-electron chi connectivity index (χ1n) is 8.18. The first kappa shape index (κ1) is 19.0. The monoisotopic (exact) mass is 352 g/mol. The molecule has 0 aliphatic heterocycles. The van der Waals surface area contributed by atoms with Crippen LogP contribution in [0.25, 0.3) is 0 Å². The topological polar surface area (TPSA) is 32.7 Å². The van der Waals surface area contributed by atoms with Gasteiger partial charge in [0.05, 0.1) is 11.4 Å². The highest BCUT2D eigenvalue weighted by atomic mass is 32.2. The smallest absolute Gasteiger partial charge is 0.214 e. The van der Waals surface area contributed by atoms with E-state index in [1.165, 1.54) is 11.1 Å². The standard InChI is InChI=1S/C21H24N2OS/c1-16-10-11-19(14-17(16)2)22-18(3)20-8-5-6-9-21(20)23(15-24)12-7-13-25-4/h5-11,13-15H,12H2,1-4H3/b13-7-,22-18?. The van der Waals surface area contributed by atoms with E-state index in [1.807, 2.05) is 55.0 Å². The van der Waals surface area contributed by atoms with Crippen molar-refractivity contribution in [3.8, 4) is 0 Å². The number of rotatable bonds is 7. The van der Waals surface area contributed by atoms with E-state index >= 15 is 0 Å². The highest BCUT2D eigenvalue weighted by Crippen LogP contribution is 2.24. The van der Waals surface area contributed by atoms with Crippen molar-refractivity contribution in [2.75, 3.05) is 17.7 Å². The Bertz CT molecular complexity index is 796. The summed E-state index contributed by atoms with van der Waals surface area (Å²) in [5.74, 6) is 0. The van der Waals surface area contributed by atoms with Crippen LogP contribution in [0.15, 0.2) is 58.9 Å². The molecule has 0 saturated carbocycles. The number of thioether (sulfide) groups is 1. The molecule has 2 aromatic rings. The van der Waals surface area contributed by atoms with Crippen LogP contribution in [-0.2, 0) is 4.79 Å². The molecule has 0 aliphatic carbocycles. The van der Waals surface area contributed by atoms with E-state index in [1.54, 1.807) is 16.7 Å². The molecule has 0 bridgehead atoms. The Morgan fingerprint density at radius 3 is 2.60 bits per heavy atom. The van der Waals surface area contributed by atoms with Gasteiger partial charge in [-0.1, -0.05) is 30.3 Å². The molecule has 0 atom stereocenters. The van der Waals surface area contributed by atoms with Crippen LogP contribution in [0.5, 0.6) is 0 Å². The summed E-state index contributed by atoms with van der Waals surface area (Å²) in [6, 6.07) is 14.1. The molecular formula is C21H24N2OS. The average molecular weight is 353 g/mol. The second-order valence-electron chi connectivity index (χ2n) is 5.85. The number of para-hydroxylation sites is 1. The summed E-state index contributed by atoms with van der Waals surface area (Å²) < 4.78 is 0. The van der Waals surface area contributed by atoms with E-state index in [4.69, 9.17) is 4.99 Å². The summed E-state index contributed by atoms with van der Waals surface area (Å²) in [4.78, 5) is 18.0. The minimum absolute atomic E-state index is 0.540. The largest absolute Gasteiger partial charge is 0.310 e. The molecule has 4 heteroatoms. The van der Waals surface area contributed by atoms with Crippen molar-refractivity contribution >= 4 is 35.3 Å². The summed E-state index contributed by atoms with van der Waals surface area (Å²) in [5.41, 5.74) is 6.12. The minimum Gasteiger partial charge on any atom is -0.310 e. The van der Waals surface area contributed by atoms with Gasteiger partial charge in [0, 0.05) is 17.8 Å². The zero-order valence-electron chi connectivity index (χ0n) is 15.2. The number of carbonyl (C=O) groups excluding carboxylic acids is 1. The minimum atomic E-state index is 0.540. The summed E-state index contributed by atoms with van der Waals surface area (Å²) in [5, 5.41) is 1.98. The zero-order chi connectivity index (χ0) is 18.2. The number of amides is 1. The zero-order valence-corrected chi connectivity index (χ0v) is 16.0. The molecule has 0 spiro atoms. The van der Waals surface area contributed by atoms with Crippen LogP contribution >= 0.6 is 11.8 Å². The van der Waals surface area contributed by atoms with E-state index in [0.717, 1.165) is 29.1 Å². The van der Waals surface area contributed by atoms with Gasteiger partial charge < -0.3 is 4.90 Å². The molecular weight excluding hydrogens is 328 g/mol. The first-order chi connectivity index (χ1) is 12.1. The number of carbonyl (C=O) groups is 1. The van der Waals surface area contributed by atoms with E-state index < -0.39 is 0 Å². The number of nitrogens with zero attached hydrogens (tertiary/aromatic N) is 2. The Kier molecular flexibility index (Phi) is 7.02. The quantitative estimate of drug-likeness (QED) is 0.501. The molecule has 0 N–H and O–H groups in total. The van der Waals surface area contributed by atoms with E-state index in [2.05, 4.69) is 26.0 Å². The lowest BCUT2D eigenvalue weighted by Crippen LogP contribution is -2.23. The van der Waals surface area contributed by atoms with Gasteiger partial charge in [0.2, 0.25) is 6.41 Å². The summed E-state index contributed by atoms with van der Waals surface area (Å²) in [6.45, 7) is 6.70. The summed E-state index contributed by atoms with van der Waals surface area (Å²) in [7, 11) is 0. The number of hydrogen-bond acceptors (Lipinski definition) is 3. The van der Waals surface area contributed by atoms with Gasteiger partial charge in [0.25, 0.3) is 0 Å². The van der Waals surface area contributed by atoms with E-state index in [9.17, 15) is 4.79 Å².